The molecule has 208 valence electrons. The van der Waals surface area contributed by atoms with Gasteiger partial charge in [-0.25, -0.2) is 18.0 Å². The van der Waals surface area contributed by atoms with Crippen LogP contribution in [0.2, 0.25) is 0 Å². The summed E-state index contributed by atoms with van der Waals surface area (Å²) in [6.07, 6.45) is -4.95. The lowest BCUT2D eigenvalue weighted by Crippen LogP contribution is -2.55. The number of benzene rings is 2. The van der Waals surface area contributed by atoms with E-state index in [1.807, 2.05) is 6.92 Å². The third kappa shape index (κ3) is 4.92. The number of alkyl halides is 5. The van der Waals surface area contributed by atoms with E-state index in [-0.39, 0.29) is 42.5 Å². The molecule has 0 saturated carbocycles. The second-order valence-electron chi connectivity index (χ2n) is 9.89. The number of urea groups is 1. The fraction of sp³-hybridized carbons (Fsp3) is 0.407. The van der Waals surface area contributed by atoms with E-state index in [4.69, 9.17) is 0 Å². The number of para-hydroxylation sites is 1. The molecule has 39 heavy (non-hydrogen) atoms. The number of amides is 2. The summed E-state index contributed by atoms with van der Waals surface area (Å²) < 4.78 is 84.3. The first-order valence-electron chi connectivity index (χ1n) is 12.6. The number of hydrogen-bond acceptors (Lipinski definition) is 3. The smallest absolute Gasteiger partial charge is 0.369 e. The molecule has 12 heteroatoms. The number of piperidine rings is 1. The zero-order valence-corrected chi connectivity index (χ0v) is 21.3. The number of anilines is 2. The predicted octanol–water partition coefficient (Wildman–Crippen LogP) is 6.69. The molecule has 2 aromatic carbocycles. The molecule has 3 aromatic rings. The van der Waals surface area contributed by atoms with Gasteiger partial charge in [-0.2, -0.15) is 18.3 Å². The summed E-state index contributed by atoms with van der Waals surface area (Å²) in [5.74, 6) is -0.434. The summed E-state index contributed by atoms with van der Waals surface area (Å²) in [5, 5.41) is 4.38. The molecule has 0 aliphatic carbocycles. The first-order chi connectivity index (χ1) is 18.5. The molecule has 0 bridgehead atoms. The number of hydrogen-bond donors (Lipinski definition) is 0. The van der Waals surface area contributed by atoms with E-state index in [1.165, 1.54) is 39.9 Å². The number of aryl methyl sites for hydroxylation is 1. The van der Waals surface area contributed by atoms with Crippen LogP contribution in [0.4, 0.5) is 42.6 Å². The molecule has 5 rings (SSSR count). The lowest BCUT2D eigenvalue weighted by atomic mass is 9.96. The quantitative estimate of drug-likeness (QED) is 0.332. The Morgan fingerprint density at radius 1 is 1.05 bits per heavy atom. The summed E-state index contributed by atoms with van der Waals surface area (Å²) in [4.78, 5) is 18.3. The van der Waals surface area contributed by atoms with Crippen LogP contribution in [0.15, 0.2) is 48.7 Å². The van der Waals surface area contributed by atoms with E-state index >= 15 is 0 Å². The van der Waals surface area contributed by atoms with Gasteiger partial charge in [0, 0.05) is 43.5 Å². The molecular formula is C27H27F6N5O. The number of rotatable bonds is 5. The fourth-order valence-electron chi connectivity index (χ4n) is 5.67. The van der Waals surface area contributed by atoms with Gasteiger partial charge in [0.2, 0.25) is 0 Å². The van der Waals surface area contributed by atoms with Crippen molar-refractivity contribution in [1.82, 2.24) is 14.7 Å². The van der Waals surface area contributed by atoms with Crippen molar-refractivity contribution in [2.75, 3.05) is 22.9 Å². The average molecular weight is 552 g/mol. The van der Waals surface area contributed by atoms with Crippen LogP contribution in [0.25, 0.3) is 0 Å². The Bertz CT molecular complexity index is 1360. The van der Waals surface area contributed by atoms with Crippen molar-refractivity contribution >= 4 is 17.5 Å². The van der Waals surface area contributed by atoms with Gasteiger partial charge < -0.3 is 9.80 Å². The second-order valence-corrected chi connectivity index (χ2v) is 9.89. The molecule has 1 fully saturated rings. The molecule has 6 nitrogen and oxygen atoms in total. The maximum absolute atomic E-state index is 14.6. The fourth-order valence-corrected chi connectivity index (χ4v) is 5.67. The third-order valence-corrected chi connectivity index (χ3v) is 7.49. The highest BCUT2D eigenvalue weighted by Crippen LogP contribution is 2.41. The van der Waals surface area contributed by atoms with Crippen LogP contribution in [0.5, 0.6) is 0 Å². The monoisotopic (exact) mass is 551 g/mol. The van der Waals surface area contributed by atoms with Gasteiger partial charge in [-0.1, -0.05) is 30.3 Å². The van der Waals surface area contributed by atoms with Crippen LogP contribution < -0.4 is 9.80 Å². The minimum absolute atomic E-state index is 0.0571. The summed E-state index contributed by atoms with van der Waals surface area (Å²) in [6.45, 7) is 1.97. The zero-order chi connectivity index (χ0) is 28.1. The maximum Gasteiger partial charge on any atom is 0.416 e. The van der Waals surface area contributed by atoms with Gasteiger partial charge in [-0.3, -0.25) is 9.58 Å². The SMILES string of the molecule is C[C@@H]1c2cn(C)nc2N(Cc2ccccc2C(F)(F)F)C(=O)N1C1CCN(c2c(F)cccc2C(F)F)CC1. The van der Waals surface area contributed by atoms with Crippen molar-refractivity contribution in [3.05, 3.63) is 76.7 Å². The van der Waals surface area contributed by atoms with E-state index in [0.29, 0.717) is 24.2 Å². The highest BCUT2D eigenvalue weighted by atomic mass is 19.4. The topological polar surface area (TPSA) is 44.6 Å². The van der Waals surface area contributed by atoms with Gasteiger partial charge in [0.15, 0.2) is 5.82 Å². The Morgan fingerprint density at radius 3 is 2.41 bits per heavy atom. The molecule has 0 spiro atoms. The van der Waals surface area contributed by atoms with E-state index < -0.39 is 36.1 Å². The van der Waals surface area contributed by atoms with Crippen molar-refractivity contribution in [1.29, 1.82) is 0 Å². The number of carbonyl (C=O) groups is 1. The van der Waals surface area contributed by atoms with Gasteiger partial charge in [0.1, 0.15) is 5.82 Å². The summed E-state index contributed by atoms with van der Waals surface area (Å²) in [6, 6.07) is 7.47. The molecule has 1 aromatic heterocycles. The number of halogens is 6. The van der Waals surface area contributed by atoms with Crippen molar-refractivity contribution in [2.45, 2.75) is 51.0 Å². The molecule has 0 N–H and O–H groups in total. The lowest BCUT2D eigenvalue weighted by molar-refractivity contribution is -0.138. The standard InChI is InChI=1S/C27H27F6N5O/c1-16-20-15-35(2)34-25(20)37(14-17-6-3-4-8-21(17)27(31,32)33)26(39)38(16)18-10-12-36(13-11-18)23-19(24(29)30)7-5-9-22(23)28/h3-9,15-16,18,24H,10-14H2,1-2H3/t16-/m1/s1. The number of nitrogens with zero attached hydrogens (tertiary/aromatic N) is 5. The van der Waals surface area contributed by atoms with E-state index in [1.54, 1.807) is 23.0 Å². The van der Waals surface area contributed by atoms with Crippen molar-refractivity contribution < 1.29 is 31.1 Å². The van der Waals surface area contributed by atoms with Crippen LogP contribution >= 0.6 is 0 Å². The Balaban J connectivity index is 1.43. The lowest BCUT2D eigenvalue weighted by Gasteiger charge is -2.46. The minimum atomic E-state index is -4.59. The largest absolute Gasteiger partial charge is 0.416 e. The van der Waals surface area contributed by atoms with Crippen LogP contribution in [-0.4, -0.2) is 39.8 Å². The molecular weight excluding hydrogens is 524 g/mol. The molecule has 1 atom stereocenters. The maximum atomic E-state index is 14.6. The molecule has 0 unspecified atom stereocenters. The molecule has 2 aliphatic rings. The molecule has 2 aliphatic heterocycles. The van der Waals surface area contributed by atoms with Crippen LogP contribution in [-0.2, 0) is 19.8 Å². The Labute approximate surface area is 221 Å². The molecule has 1 saturated heterocycles. The summed E-state index contributed by atoms with van der Waals surface area (Å²) in [5.41, 5.74) is -0.709. The third-order valence-electron chi connectivity index (χ3n) is 7.49. The number of fused-ring (bicyclic) bond motifs is 1. The first-order valence-corrected chi connectivity index (χ1v) is 12.6. The highest BCUT2D eigenvalue weighted by molar-refractivity contribution is 5.94. The van der Waals surface area contributed by atoms with Gasteiger partial charge >= 0.3 is 12.2 Å². The summed E-state index contributed by atoms with van der Waals surface area (Å²) in [7, 11) is 1.68. The Kier molecular flexibility index (Phi) is 6.98. The molecule has 3 heterocycles. The van der Waals surface area contributed by atoms with E-state index in [0.717, 1.165) is 12.1 Å². The predicted molar refractivity (Wildman–Crippen MR) is 133 cm³/mol. The highest BCUT2D eigenvalue weighted by Gasteiger charge is 2.43. The minimum Gasteiger partial charge on any atom is -0.369 e. The number of aromatic nitrogens is 2. The summed E-state index contributed by atoms with van der Waals surface area (Å²) >= 11 is 0. The average Bonchev–Trinajstić information content (AvgIpc) is 3.28. The second kappa shape index (κ2) is 10.1. The van der Waals surface area contributed by atoms with E-state index in [9.17, 15) is 31.1 Å². The normalized spacial score (nSPS) is 18.7. The van der Waals surface area contributed by atoms with Crippen molar-refractivity contribution in [3.8, 4) is 0 Å². The van der Waals surface area contributed by atoms with Crippen LogP contribution in [0.1, 0.15) is 54.5 Å². The first kappa shape index (κ1) is 26.9. The van der Waals surface area contributed by atoms with Gasteiger partial charge in [0.05, 0.1) is 23.8 Å². The van der Waals surface area contributed by atoms with Gasteiger partial charge in [-0.15, -0.1) is 0 Å². The molecule has 0 radical (unpaired) electrons. The Hall–Kier alpha value is -3.70. The zero-order valence-electron chi connectivity index (χ0n) is 21.3. The van der Waals surface area contributed by atoms with Crippen molar-refractivity contribution in [2.24, 2.45) is 7.05 Å². The Morgan fingerprint density at radius 2 is 1.74 bits per heavy atom. The molecule has 2 amide bonds. The number of carbonyl (C=O) groups excluding carboxylic acids is 1. The van der Waals surface area contributed by atoms with Gasteiger partial charge in [0.25, 0.3) is 6.43 Å². The van der Waals surface area contributed by atoms with Crippen LogP contribution in [0, 0.1) is 5.82 Å². The van der Waals surface area contributed by atoms with Crippen LogP contribution in [0.3, 0.4) is 0 Å². The van der Waals surface area contributed by atoms with Gasteiger partial charge in [-0.05, 0) is 37.5 Å². The van der Waals surface area contributed by atoms with E-state index in [2.05, 4.69) is 5.10 Å². The van der Waals surface area contributed by atoms with Crippen molar-refractivity contribution in [3.63, 3.8) is 0 Å².